The van der Waals surface area contributed by atoms with E-state index in [-0.39, 0.29) is 5.92 Å². The molecule has 92 valence electrons. The number of nitrogens with zero attached hydrogens (tertiary/aromatic N) is 1. The van der Waals surface area contributed by atoms with Crippen LogP contribution in [0.1, 0.15) is 18.1 Å². The van der Waals surface area contributed by atoms with Crippen LogP contribution in [0.3, 0.4) is 0 Å². The van der Waals surface area contributed by atoms with Gasteiger partial charge < -0.3 is 5.11 Å². The number of likely N-dealkylation sites (N-methyl/N-ethyl adjacent to an activating group) is 1. The van der Waals surface area contributed by atoms with Gasteiger partial charge in [-0.15, -0.1) is 0 Å². The van der Waals surface area contributed by atoms with Gasteiger partial charge in [-0.3, -0.25) is 9.28 Å². The molecule has 3 nitrogen and oxygen atoms in total. The van der Waals surface area contributed by atoms with Gasteiger partial charge in [0.2, 0.25) is 0 Å². The molecule has 0 saturated carbocycles. The zero-order valence-corrected chi connectivity index (χ0v) is 10.7. The quantitative estimate of drug-likeness (QED) is 0.813. The molecule has 17 heavy (non-hydrogen) atoms. The number of hydrogen-bond acceptors (Lipinski definition) is 1. The van der Waals surface area contributed by atoms with Crippen molar-refractivity contribution in [2.75, 3.05) is 20.6 Å². The standard InChI is InChI=1S/C14H19NO2/c1-10(14(16)17)8-11-4-5-13-12(9-11)6-7-15(13,2)3/h4-5,9-10H,6-8H2,1-3H3/p+1. The predicted octanol–water partition coefficient (Wildman–Crippen LogP) is 2.07. The highest BCUT2D eigenvalue weighted by molar-refractivity contribution is 5.70. The summed E-state index contributed by atoms with van der Waals surface area (Å²) in [5, 5.41) is 8.92. The van der Waals surface area contributed by atoms with Crippen molar-refractivity contribution in [3.05, 3.63) is 29.3 Å². The summed E-state index contributed by atoms with van der Waals surface area (Å²) in [6.45, 7) is 2.89. The lowest BCUT2D eigenvalue weighted by Crippen LogP contribution is -2.37. The topological polar surface area (TPSA) is 37.3 Å². The van der Waals surface area contributed by atoms with Crippen LogP contribution in [-0.4, -0.2) is 31.7 Å². The van der Waals surface area contributed by atoms with Gasteiger partial charge in [0.1, 0.15) is 5.69 Å². The summed E-state index contributed by atoms with van der Waals surface area (Å²) >= 11 is 0. The van der Waals surface area contributed by atoms with Crippen molar-refractivity contribution in [2.24, 2.45) is 5.92 Å². The summed E-state index contributed by atoms with van der Waals surface area (Å²) < 4.78 is 0.935. The van der Waals surface area contributed by atoms with E-state index in [1.54, 1.807) is 6.92 Å². The predicted molar refractivity (Wildman–Crippen MR) is 69.2 cm³/mol. The molecule has 1 N–H and O–H groups in total. The molecular formula is C14H20NO2+. The van der Waals surface area contributed by atoms with Crippen LogP contribution in [0, 0.1) is 5.92 Å². The second-order valence-corrected chi connectivity index (χ2v) is 5.57. The Morgan fingerprint density at radius 3 is 2.82 bits per heavy atom. The van der Waals surface area contributed by atoms with Gasteiger partial charge in [0.05, 0.1) is 26.6 Å². The van der Waals surface area contributed by atoms with Crippen molar-refractivity contribution < 1.29 is 9.90 Å². The summed E-state index contributed by atoms with van der Waals surface area (Å²) in [7, 11) is 4.43. The Kier molecular flexibility index (Phi) is 2.96. The highest BCUT2D eigenvalue weighted by Crippen LogP contribution is 2.32. The minimum absolute atomic E-state index is 0.308. The van der Waals surface area contributed by atoms with Crippen LogP contribution in [0.25, 0.3) is 0 Å². The normalized spacial score (nSPS) is 18.8. The molecule has 1 aliphatic rings. The number of rotatable bonds is 3. The number of aliphatic carboxylic acids is 1. The van der Waals surface area contributed by atoms with E-state index in [4.69, 9.17) is 5.11 Å². The first-order valence-electron chi connectivity index (χ1n) is 6.08. The first-order chi connectivity index (χ1) is 7.90. The molecule has 1 atom stereocenters. The number of quaternary nitrogens is 1. The van der Waals surface area contributed by atoms with E-state index in [1.165, 1.54) is 11.3 Å². The molecule has 0 saturated heterocycles. The lowest BCUT2D eigenvalue weighted by molar-refractivity contribution is -0.141. The van der Waals surface area contributed by atoms with Gasteiger partial charge in [-0.05, 0) is 24.1 Å². The molecular weight excluding hydrogens is 214 g/mol. The summed E-state index contributed by atoms with van der Waals surface area (Å²) in [5.74, 6) is -1.03. The maximum atomic E-state index is 10.8. The average molecular weight is 234 g/mol. The van der Waals surface area contributed by atoms with Crippen LogP contribution in [0.15, 0.2) is 18.2 Å². The molecule has 0 spiro atoms. The van der Waals surface area contributed by atoms with E-state index in [2.05, 4.69) is 32.3 Å². The second kappa shape index (κ2) is 4.15. The summed E-state index contributed by atoms with van der Waals surface area (Å²) in [6.07, 6.45) is 1.72. The molecule has 1 aromatic carbocycles. The lowest BCUT2D eigenvalue weighted by atomic mass is 9.99. The molecule has 1 aromatic rings. The van der Waals surface area contributed by atoms with Gasteiger partial charge in [-0.1, -0.05) is 13.0 Å². The average Bonchev–Trinajstić information content (AvgIpc) is 2.54. The van der Waals surface area contributed by atoms with E-state index < -0.39 is 5.97 Å². The SMILES string of the molecule is CC(Cc1ccc2c(c1)CC[N+]2(C)C)C(=O)O. The largest absolute Gasteiger partial charge is 0.481 e. The van der Waals surface area contributed by atoms with Crippen molar-refractivity contribution in [2.45, 2.75) is 19.8 Å². The first-order valence-corrected chi connectivity index (χ1v) is 6.08. The first kappa shape index (κ1) is 12.1. The number of fused-ring (bicyclic) bond motifs is 1. The summed E-state index contributed by atoms with van der Waals surface area (Å²) in [4.78, 5) is 10.8. The summed E-state index contributed by atoms with van der Waals surface area (Å²) in [6, 6.07) is 6.41. The maximum absolute atomic E-state index is 10.8. The monoisotopic (exact) mass is 234 g/mol. The van der Waals surface area contributed by atoms with E-state index >= 15 is 0 Å². The Balaban J connectivity index is 2.22. The minimum Gasteiger partial charge on any atom is -0.481 e. The minimum atomic E-state index is -0.721. The van der Waals surface area contributed by atoms with Crippen molar-refractivity contribution in [1.82, 2.24) is 4.48 Å². The molecule has 0 amide bonds. The smallest absolute Gasteiger partial charge is 0.306 e. The molecule has 1 aliphatic heterocycles. The molecule has 0 aliphatic carbocycles. The zero-order valence-electron chi connectivity index (χ0n) is 10.7. The molecule has 3 heteroatoms. The Morgan fingerprint density at radius 1 is 1.47 bits per heavy atom. The van der Waals surface area contributed by atoms with Crippen LogP contribution < -0.4 is 4.48 Å². The van der Waals surface area contributed by atoms with E-state index in [0.717, 1.165) is 23.0 Å². The number of carboxylic acids is 1. The van der Waals surface area contributed by atoms with Crippen LogP contribution in [-0.2, 0) is 17.6 Å². The fraction of sp³-hybridized carbons (Fsp3) is 0.500. The fourth-order valence-electron chi connectivity index (χ4n) is 2.52. The van der Waals surface area contributed by atoms with Gasteiger partial charge >= 0.3 is 5.97 Å². The van der Waals surface area contributed by atoms with Crippen molar-refractivity contribution in [3.63, 3.8) is 0 Å². The molecule has 0 aromatic heterocycles. The van der Waals surface area contributed by atoms with E-state index in [9.17, 15) is 4.79 Å². The molecule has 1 heterocycles. The Morgan fingerprint density at radius 2 is 2.18 bits per heavy atom. The highest BCUT2D eigenvalue weighted by atomic mass is 16.4. The van der Waals surface area contributed by atoms with Gasteiger partial charge in [0, 0.05) is 12.0 Å². The molecule has 2 rings (SSSR count). The second-order valence-electron chi connectivity index (χ2n) is 5.57. The van der Waals surface area contributed by atoms with Gasteiger partial charge in [0.25, 0.3) is 0 Å². The van der Waals surface area contributed by atoms with E-state index in [0.29, 0.717) is 6.42 Å². The van der Waals surface area contributed by atoms with Crippen molar-refractivity contribution >= 4 is 11.7 Å². The highest BCUT2D eigenvalue weighted by Gasteiger charge is 2.29. The number of carboxylic acid groups (broad SMARTS) is 1. The zero-order chi connectivity index (χ0) is 12.6. The Labute approximate surface area is 102 Å². The number of hydrogen-bond donors (Lipinski definition) is 1. The molecule has 1 unspecified atom stereocenters. The van der Waals surface area contributed by atoms with Crippen LogP contribution >= 0.6 is 0 Å². The molecule has 0 fully saturated rings. The lowest BCUT2D eigenvalue weighted by Gasteiger charge is -2.23. The maximum Gasteiger partial charge on any atom is 0.306 e. The molecule has 0 radical (unpaired) electrons. The van der Waals surface area contributed by atoms with Gasteiger partial charge in [-0.2, -0.15) is 0 Å². The summed E-state index contributed by atoms with van der Waals surface area (Å²) in [5.41, 5.74) is 3.89. The number of benzene rings is 1. The van der Waals surface area contributed by atoms with Gasteiger partial charge in [0.15, 0.2) is 0 Å². The van der Waals surface area contributed by atoms with Crippen LogP contribution in [0.2, 0.25) is 0 Å². The van der Waals surface area contributed by atoms with Gasteiger partial charge in [-0.25, -0.2) is 0 Å². The third-order valence-corrected chi connectivity index (χ3v) is 3.70. The third-order valence-electron chi connectivity index (χ3n) is 3.70. The third kappa shape index (κ3) is 2.34. The fourth-order valence-corrected chi connectivity index (χ4v) is 2.52. The van der Waals surface area contributed by atoms with Crippen molar-refractivity contribution in [3.8, 4) is 0 Å². The Bertz CT molecular complexity index is 452. The van der Waals surface area contributed by atoms with Crippen LogP contribution in [0.4, 0.5) is 5.69 Å². The van der Waals surface area contributed by atoms with Crippen LogP contribution in [0.5, 0.6) is 0 Å². The molecule has 0 bridgehead atoms. The van der Waals surface area contributed by atoms with Crippen molar-refractivity contribution in [1.29, 1.82) is 0 Å². The Hall–Kier alpha value is -1.35. The number of carbonyl (C=O) groups is 1. The van der Waals surface area contributed by atoms with E-state index in [1.807, 2.05) is 0 Å².